The number of ether oxygens (including phenoxy) is 4. The van der Waals surface area contributed by atoms with E-state index >= 15 is 0 Å². The van der Waals surface area contributed by atoms with E-state index in [0.29, 0.717) is 50.4 Å². The van der Waals surface area contributed by atoms with Crippen LogP contribution in [0.5, 0.6) is 51.7 Å². The molecule has 0 fully saturated rings. The molecule has 7 rings (SSSR count). The number of phenols is 3. The third-order valence-electron chi connectivity index (χ3n) is 11.1. The monoisotopic (exact) mass is 1680 g/mol. The van der Waals surface area contributed by atoms with Gasteiger partial charge < -0.3 is 79.8 Å². The lowest BCUT2D eigenvalue weighted by atomic mass is 10.2. The normalized spacial score (nSPS) is 10.2. The van der Waals surface area contributed by atoms with Crippen molar-refractivity contribution in [2.24, 2.45) is 0 Å². The number of phosphoric ester groups is 2. The van der Waals surface area contributed by atoms with Crippen molar-refractivity contribution < 1.29 is 109 Å². The molecule has 43 heteroatoms. The second-order valence-corrected chi connectivity index (χ2v) is 26.2. The number of halogens is 6. The van der Waals surface area contributed by atoms with E-state index in [-0.39, 0.29) is 114 Å². The molecular weight excluding hydrogens is 1600 g/mol. The first-order valence-electron chi connectivity index (χ1n) is 28.9. The van der Waals surface area contributed by atoms with Gasteiger partial charge in [-0.15, -0.1) is 77.7 Å². The highest BCUT2D eigenvalue weighted by atomic mass is 35.7. The number of pyridine rings is 1. The molecule has 33 nitrogen and oxygen atoms in total. The Balaban J connectivity index is 0.00000122. The Morgan fingerprint density at radius 2 is 1.03 bits per heavy atom. The smallest absolute Gasteiger partial charge is 0.504 e. The Labute approximate surface area is 643 Å². The number of nitro benzene ring substituents is 1. The number of phosphoric acid groups is 2. The Morgan fingerprint density at radius 3 is 1.43 bits per heavy atom. The van der Waals surface area contributed by atoms with Crippen LogP contribution in [-0.4, -0.2) is 146 Å². The zero-order chi connectivity index (χ0) is 80.8. The maximum Gasteiger partial charge on any atom is 0.530 e. The number of aryl methyl sites for hydroxylation is 2. The fraction of sp³-hybridized carbons (Fsp3) is 0.222. The largest absolute Gasteiger partial charge is 0.530 e. The summed E-state index contributed by atoms with van der Waals surface area (Å²) in [6.07, 6.45) is 7.31. The summed E-state index contributed by atoms with van der Waals surface area (Å²) in [5.41, 5.74) is 10.4. The molecule has 0 saturated heterocycles. The molecule has 7 aromatic rings. The molecule has 0 aliphatic rings. The number of benzene rings is 5. The van der Waals surface area contributed by atoms with Gasteiger partial charge in [-0.05, 0) is 104 Å². The van der Waals surface area contributed by atoms with Gasteiger partial charge in [0.05, 0.1) is 77.3 Å². The maximum absolute atomic E-state index is 12.6. The molecule has 0 aliphatic heterocycles. The number of nitrogens with two attached hydrogens (primary N) is 1. The van der Waals surface area contributed by atoms with Crippen LogP contribution in [0.3, 0.4) is 0 Å². The number of amides is 3. The molecule has 0 bridgehead atoms. The fourth-order valence-corrected chi connectivity index (χ4v) is 9.65. The predicted molar refractivity (Wildman–Crippen MR) is 410 cm³/mol. The van der Waals surface area contributed by atoms with Gasteiger partial charge in [0.25, 0.3) is 11.5 Å². The molecule has 578 valence electrons. The second kappa shape index (κ2) is 52.1. The number of nitrogens with zero attached hydrogens (tertiary/aromatic N) is 3. The van der Waals surface area contributed by atoms with E-state index in [2.05, 4.69) is 80.4 Å². The first-order valence-corrected chi connectivity index (χ1v) is 37.3. The number of fused-ring (bicyclic) bond motifs is 1. The number of aromatic nitrogens is 3. The molecule has 106 heavy (non-hydrogen) atoms. The van der Waals surface area contributed by atoms with Crippen LogP contribution in [0.2, 0.25) is 0 Å². The number of hydrogen-bond donors (Lipinski definition) is 11. The van der Waals surface area contributed by atoms with Crippen LogP contribution in [0, 0.1) is 35.3 Å². The summed E-state index contributed by atoms with van der Waals surface area (Å²) in [6.45, 7) is 20.8. The highest BCUT2D eigenvalue weighted by Gasteiger charge is 2.30. The molecule has 5 aromatic carbocycles. The predicted octanol–water partition coefficient (Wildman–Crippen LogP) is 15.5. The van der Waals surface area contributed by atoms with Gasteiger partial charge in [-0.25, -0.2) is 13.7 Å². The number of methoxy groups -OCH3 is 4. The van der Waals surface area contributed by atoms with Crippen LogP contribution in [0.15, 0.2) is 148 Å². The number of non-ortho nitro benzene ring substituents is 1. The summed E-state index contributed by atoms with van der Waals surface area (Å²) in [6, 6.07) is 21.6. The number of phenolic OH excluding ortho intramolecular Hbond substituents is 3. The van der Waals surface area contributed by atoms with Crippen molar-refractivity contribution in [1.82, 2.24) is 15.0 Å². The number of anilines is 4. The first kappa shape index (κ1) is 97.1. The average Bonchev–Trinajstić information content (AvgIpc) is 1.63. The number of imidazole rings is 1. The Hall–Kier alpha value is -8.94. The highest BCUT2D eigenvalue weighted by Crippen LogP contribution is 2.54. The van der Waals surface area contributed by atoms with Crippen LogP contribution >= 0.6 is 104 Å². The van der Waals surface area contributed by atoms with Gasteiger partial charge in [0, 0.05) is 63.8 Å². The zero-order valence-electron chi connectivity index (χ0n) is 57.0. The van der Waals surface area contributed by atoms with E-state index in [1.165, 1.54) is 119 Å². The van der Waals surface area contributed by atoms with Gasteiger partial charge >= 0.3 is 22.6 Å². The molecule has 2 aromatic heterocycles. The van der Waals surface area contributed by atoms with E-state index in [1.54, 1.807) is 31.3 Å². The molecule has 0 saturated carbocycles. The highest BCUT2D eigenvalue weighted by molar-refractivity contribution is 7.81. The quantitative estimate of drug-likeness (QED) is 0.00207. The number of nitrogens with one attached hydrogen (secondary N) is 5. The molecular formula is C63H74Cl6N9O24P3S. The van der Waals surface area contributed by atoms with E-state index in [1.807, 2.05) is 6.92 Å². The number of aromatic amines is 2. The number of nitro groups is 1. The standard InChI is InChI=1S/C15H19ClNO6P.C9H11ClNO5P.C9H10ClNO3.C8H6N4S.C7H7NO4.C7H9NO2.C6H10ClO3P.C2H2Cl2O/c1-4-8-21-24(19,22-9-5-2)23-13-7-6-12(10-14(13)20-3)17-15(18)11-16;1-6-4-7(11-9(12)5-10)2-3-8(6)16-17(13,14)15;1-14-8-4-6(2-3-7(8)12)11-9(13)5-10;1-4-6-5(11-8(13)12-6)3-10-7(4)9-2;1-12-7-4-5(8(10)11)2-3-6(7)9;1-10-7-4-5(8)2-3-6(7)9;1-3-5-9-11(7,8)10-6-4-2;3-1-2(4)5/h4-7,10H,1-2,8-9,11H2,3H3,(H,17,18);2-4H,5H2,1H3,(H,11,12)(H2,13,14,15);2-4,12H,5H2,1H3,(H,11,13);3H,1H3,(H2,11,12,13);2-4,9H,1H3;2-4,9H,8H2,1H3;3-4H,1-2,5-6H2;1H2. The lowest BCUT2D eigenvalue weighted by Crippen LogP contribution is -2.12. The molecule has 2 heterocycles. The number of alkyl halides is 4. The van der Waals surface area contributed by atoms with Crippen molar-refractivity contribution in [3.8, 4) is 51.7 Å². The molecule has 0 unspecified atom stereocenters. The van der Waals surface area contributed by atoms with Gasteiger partial charge in [0.15, 0.2) is 50.8 Å². The maximum atomic E-state index is 12.6. The number of H-pyrrole nitrogens is 2. The van der Waals surface area contributed by atoms with E-state index in [4.69, 9.17) is 142 Å². The number of rotatable bonds is 28. The fourth-order valence-electron chi connectivity index (χ4n) is 6.65. The molecule has 12 N–H and O–H groups in total. The summed E-state index contributed by atoms with van der Waals surface area (Å²) in [5.74, 6) is 0.0591. The van der Waals surface area contributed by atoms with Crippen LogP contribution in [-0.2, 0) is 51.0 Å². The molecule has 0 spiro atoms. The number of aromatic hydroxyl groups is 3. The summed E-state index contributed by atoms with van der Waals surface area (Å²) in [7, 11) is -2.82. The topological polar surface area (TPSA) is 467 Å². The Morgan fingerprint density at radius 1 is 0.623 bits per heavy atom. The minimum Gasteiger partial charge on any atom is -0.504 e. The van der Waals surface area contributed by atoms with Gasteiger partial charge in [0.2, 0.25) is 23.0 Å². The first-order chi connectivity index (χ1) is 50.0. The van der Waals surface area contributed by atoms with Crippen molar-refractivity contribution in [3.63, 3.8) is 0 Å². The summed E-state index contributed by atoms with van der Waals surface area (Å²) < 4.78 is 83.5. The van der Waals surface area contributed by atoms with Crippen LogP contribution in [0.1, 0.15) is 11.1 Å². The van der Waals surface area contributed by atoms with Crippen molar-refractivity contribution in [1.29, 1.82) is 0 Å². The SMILES string of the molecule is C=CCOP(=O)(Cl)OCC=C.C=CCOP(=O)(OCC=C)Oc1ccc(NC(=O)CCl)cc1OC.COc1cc(N)ccc1O.COc1cc(NC(=O)CCl)ccc1O.COc1cc([N+](=O)[O-])ccc1O.Cc1cc(NC(=O)CCl)ccc1OP(=O)(O)O.O=C(Cl)CCl.[C-]#[N+]c1ncc2[nH]c(=S)[nH]c2c1C. The lowest BCUT2D eigenvalue weighted by molar-refractivity contribution is -0.385. The minimum absolute atomic E-state index is 0.0244. The van der Waals surface area contributed by atoms with Crippen LogP contribution in [0.4, 0.5) is 34.3 Å². The average molecular weight is 1680 g/mol. The van der Waals surface area contributed by atoms with Crippen LogP contribution in [0.25, 0.3) is 15.9 Å². The third kappa shape index (κ3) is 40.0. The lowest BCUT2D eigenvalue weighted by Gasteiger charge is -2.19. The summed E-state index contributed by atoms with van der Waals surface area (Å²) >= 11 is 35.9. The van der Waals surface area contributed by atoms with Crippen molar-refractivity contribution in [3.05, 3.63) is 185 Å². The molecule has 0 atom stereocenters. The van der Waals surface area contributed by atoms with Gasteiger partial charge in [-0.2, -0.15) is 0 Å². The summed E-state index contributed by atoms with van der Waals surface area (Å²) in [5, 5.41) is 44.7. The third-order valence-corrected chi connectivity index (χ3v) is 15.9. The number of carbonyl (C=O) groups is 4. The number of carbonyl (C=O) groups excluding carboxylic acids is 4. The zero-order valence-corrected chi connectivity index (χ0v) is 65.0. The van der Waals surface area contributed by atoms with Gasteiger partial charge in [0.1, 0.15) is 35.1 Å². The number of nitrogen functional groups attached to an aromatic ring is 1. The number of hydrogen-bond acceptors (Lipinski definition) is 25. The van der Waals surface area contributed by atoms with E-state index in [9.17, 15) is 48.1 Å². The minimum atomic E-state index is -4.57. The Kier molecular flexibility index (Phi) is 47.7. The van der Waals surface area contributed by atoms with Crippen molar-refractivity contribution >= 4 is 172 Å². The second-order valence-electron chi connectivity index (χ2n) is 18.9. The van der Waals surface area contributed by atoms with Crippen LogP contribution < -0.4 is 49.7 Å². The van der Waals surface area contributed by atoms with E-state index < -0.39 is 32.8 Å². The molecule has 3 amide bonds. The molecule has 0 aliphatic carbocycles. The van der Waals surface area contributed by atoms with Gasteiger partial charge in [-0.3, -0.25) is 57.2 Å². The van der Waals surface area contributed by atoms with Crippen molar-refractivity contribution in [2.75, 3.05) is 100 Å². The molecule has 0 radical (unpaired) electrons. The van der Waals surface area contributed by atoms with E-state index in [0.717, 1.165) is 22.7 Å². The summed E-state index contributed by atoms with van der Waals surface area (Å²) in [4.78, 5) is 82.9. The van der Waals surface area contributed by atoms with Gasteiger partial charge in [-0.1, -0.05) is 30.9 Å². The van der Waals surface area contributed by atoms with Crippen molar-refractivity contribution in [2.45, 2.75) is 13.8 Å². The Bertz CT molecular complexity index is 4290.